The van der Waals surface area contributed by atoms with Crippen molar-refractivity contribution in [2.45, 2.75) is 45.2 Å². The first-order chi connectivity index (χ1) is 20.9. The fourth-order valence-corrected chi connectivity index (χ4v) is 13.8. The standard InChI is InChI=1S/C31H36N4O5S4/c1-20-30(18-36)34(4)25(38)28(32(20)2,41-43-30)16-23-12-8-21(9-13-23)6-7-22-10-14-24(15-11-22)17-29-26(39)35(5)31(19-37,44-42-29)27(40)33(29)3/h8-15,36-37H,1,6-7,16-19H2,2-5H3/t28?,29-,30?,31-/m0/s1. The van der Waals surface area contributed by atoms with Gasteiger partial charge in [-0.15, -0.1) is 0 Å². The number of likely N-dealkylation sites (N-methyl/N-ethyl adjacent to an activating group) is 4. The zero-order chi connectivity index (χ0) is 31.7. The minimum atomic E-state index is -1.25. The molecule has 3 amide bonds. The second kappa shape index (κ2) is 11.2. The molecule has 2 N–H and O–H groups in total. The number of carbonyl (C=O) groups is 3. The van der Waals surface area contributed by atoms with Gasteiger partial charge in [0, 0.05) is 46.7 Å². The molecule has 6 heterocycles. The molecular weight excluding hydrogens is 637 g/mol. The molecule has 4 atom stereocenters. The Balaban J connectivity index is 1.09. The van der Waals surface area contributed by atoms with Gasteiger partial charge in [-0.2, -0.15) is 0 Å². The number of carbonyl (C=O) groups excluding carboxylic acids is 3. The lowest BCUT2D eigenvalue weighted by Gasteiger charge is -2.61. The van der Waals surface area contributed by atoms with Crippen LogP contribution in [0.25, 0.3) is 0 Å². The number of fused-ring (bicyclic) bond motifs is 6. The van der Waals surface area contributed by atoms with Crippen molar-refractivity contribution in [1.82, 2.24) is 19.6 Å². The third-order valence-electron chi connectivity index (χ3n) is 9.64. The molecule has 4 bridgehead atoms. The summed E-state index contributed by atoms with van der Waals surface area (Å²) in [5.41, 5.74) is 5.15. The molecule has 6 aliphatic rings. The van der Waals surface area contributed by atoms with E-state index in [0.717, 1.165) is 29.7 Å². The van der Waals surface area contributed by atoms with Gasteiger partial charge < -0.3 is 29.8 Å². The van der Waals surface area contributed by atoms with Crippen molar-refractivity contribution in [2.24, 2.45) is 0 Å². The minimum Gasteiger partial charge on any atom is -0.393 e. The highest BCUT2D eigenvalue weighted by atomic mass is 33.1. The topological polar surface area (TPSA) is 105 Å². The van der Waals surface area contributed by atoms with Crippen LogP contribution in [0.4, 0.5) is 0 Å². The van der Waals surface area contributed by atoms with Gasteiger partial charge >= 0.3 is 0 Å². The van der Waals surface area contributed by atoms with Crippen LogP contribution in [0.5, 0.6) is 0 Å². The molecule has 6 saturated heterocycles. The van der Waals surface area contributed by atoms with Gasteiger partial charge in [-0.1, -0.05) is 87.5 Å². The van der Waals surface area contributed by atoms with E-state index in [4.69, 9.17) is 0 Å². The van der Waals surface area contributed by atoms with Gasteiger partial charge in [-0.05, 0) is 45.9 Å². The zero-order valence-electron chi connectivity index (χ0n) is 25.1. The van der Waals surface area contributed by atoms with E-state index in [1.807, 2.05) is 24.1 Å². The Hall–Kier alpha value is -2.29. The van der Waals surface area contributed by atoms with Crippen LogP contribution in [0.3, 0.4) is 0 Å². The van der Waals surface area contributed by atoms with Gasteiger partial charge in [0.15, 0.2) is 14.6 Å². The van der Waals surface area contributed by atoms with E-state index in [0.29, 0.717) is 12.8 Å². The molecule has 0 spiro atoms. The first kappa shape index (κ1) is 31.7. The molecule has 2 unspecified atom stereocenters. The smallest absolute Gasteiger partial charge is 0.263 e. The normalized spacial score (nSPS) is 31.5. The zero-order valence-corrected chi connectivity index (χ0v) is 28.4. The average Bonchev–Trinajstić information content (AvgIpc) is 3.04. The monoisotopic (exact) mass is 672 g/mol. The summed E-state index contributed by atoms with van der Waals surface area (Å²) in [4.78, 5) is 42.5. The number of nitrogens with zero attached hydrogens (tertiary/aromatic N) is 4. The second-order valence-corrected chi connectivity index (χ2v) is 17.2. The number of amides is 3. The molecule has 2 aromatic carbocycles. The Kier molecular flexibility index (Phi) is 8.06. The van der Waals surface area contributed by atoms with Crippen molar-refractivity contribution in [3.63, 3.8) is 0 Å². The fraction of sp³-hybridized carbons (Fsp3) is 0.452. The van der Waals surface area contributed by atoms with E-state index >= 15 is 0 Å². The third kappa shape index (κ3) is 4.37. The number of aliphatic hydroxyl groups excluding tert-OH is 2. The molecule has 13 heteroatoms. The first-order valence-electron chi connectivity index (χ1n) is 14.3. The molecule has 0 radical (unpaired) electrons. The van der Waals surface area contributed by atoms with Gasteiger partial charge in [0.1, 0.15) is 0 Å². The molecule has 0 saturated carbocycles. The summed E-state index contributed by atoms with van der Waals surface area (Å²) < 4.78 is 0. The molecule has 234 valence electrons. The maximum Gasteiger partial charge on any atom is 0.263 e. The number of hydrogen-bond donors (Lipinski definition) is 2. The third-order valence-corrected chi connectivity index (χ3v) is 17.1. The van der Waals surface area contributed by atoms with Crippen LogP contribution < -0.4 is 0 Å². The van der Waals surface area contributed by atoms with Crippen molar-refractivity contribution in [3.8, 4) is 0 Å². The maximum atomic E-state index is 13.5. The first-order valence-corrected chi connectivity index (χ1v) is 18.6. The van der Waals surface area contributed by atoms with Gasteiger partial charge in [0.25, 0.3) is 17.7 Å². The quantitative estimate of drug-likeness (QED) is 0.387. The number of aryl methyl sites for hydroxylation is 2. The molecule has 8 rings (SSSR count). The van der Waals surface area contributed by atoms with Gasteiger partial charge in [0.05, 0.1) is 13.2 Å². The lowest BCUT2D eigenvalue weighted by Crippen LogP contribution is -2.77. The van der Waals surface area contributed by atoms with Crippen LogP contribution in [0.2, 0.25) is 0 Å². The molecule has 2 aromatic rings. The molecule has 0 aromatic heterocycles. The van der Waals surface area contributed by atoms with Gasteiger partial charge in [0.2, 0.25) is 4.87 Å². The predicted octanol–water partition coefficient (Wildman–Crippen LogP) is 2.96. The van der Waals surface area contributed by atoms with Crippen LogP contribution in [-0.4, -0.2) is 108 Å². The predicted molar refractivity (Wildman–Crippen MR) is 178 cm³/mol. The van der Waals surface area contributed by atoms with E-state index in [1.54, 1.807) is 26.0 Å². The van der Waals surface area contributed by atoms with Crippen LogP contribution in [0, 0.1) is 0 Å². The van der Waals surface area contributed by atoms with E-state index in [2.05, 4.69) is 43.0 Å². The highest BCUT2D eigenvalue weighted by molar-refractivity contribution is 8.78. The van der Waals surface area contributed by atoms with E-state index < -0.39 is 26.1 Å². The summed E-state index contributed by atoms with van der Waals surface area (Å²) in [5, 5.41) is 20.0. The van der Waals surface area contributed by atoms with Crippen LogP contribution in [0.15, 0.2) is 60.8 Å². The lowest BCUT2D eigenvalue weighted by atomic mass is 9.95. The van der Waals surface area contributed by atoms with Crippen LogP contribution in [0.1, 0.15) is 22.3 Å². The Bertz CT molecular complexity index is 1410. The van der Waals surface area contributed by atoms with Crippen molar-refractivity contribution >= 4 is 60.9 Å². The highest BCUT2D eigenvalue weighted by Crippen LogP contribution is 2.62. The van der Waals surface area contributed by atoms with E-state index in [-0.39, 0.29) is 24.3 Å². The van der Waals surface area contributed by atoms with Crippen molar-refractivity contribution < 1.29 is 24.6 Å². The number of benzene rings is 2. The molecule has 6 aliphatic heterocycles. The Morgan fingerprint density at radius 2 is 0.864 bits per heavy atom. The Morgan fingerprint density at radius 3 is 1.32 bits per heavy atom. The minimum absolute atomic E-state index is 0.0189. The maximum absolute atomic E-state index is 13.5. The summed E-state index contributed by atoms with van der Waals surface area (Å²) in [6.45, 7) is 3.62. The fourth-order valence-electron chi connectivity index (χ4n) is 6.40. The summed E-state index contributed by atoms with van der Waals surface area (Å²) in [5.74, 6) is -0.432. The molecule has 0 aliphatic carbocycles. The van der Waals surface area contributed by atoms with E-state index in [1.165, 1.54) is 64.1 Å². The van der Waals surface area contributed by atoms with Gasteiger partial charge in [-0.3, -0.25) is 14.4 Å². The largest absolute Gasteiger partial charge is 0.393 e. The number of piperazine rings is 2. The molecular formula is C31H36N4O5S4. The summed E-state index contributed by atoms with van der Waals surface area (Å²) >= 11 is 0. The van der Waals surface area contributed by atoms with Crippen LogP contribution in [-0.2, 0) is 40.1 Å². The van der Waals surface area contributed by atoms with Crippen molar-refractivity contribution in [2.75, 3.05) is 41.4 Å². The van der Waals surface area contributed by atoms with Gasteiger partial charge in [-0.25, -0.2) is 0 Å². The molecule has 44 heavy (non-hydrogen) atoms. The summed E-state index contributed by atoms with van der Waals surface area (Å²) in [6, 6.07) is 16.6. The summed E-state index contributed by atoms with van der Waals surface area (Å²) in [7, 11) is 12.5. The number of aliphatic hydroxyl groups is 2. The SMILES string of the molecule is C=C1N(C)C2(Cc3ccc(CCc4ccc(C[C@@]56SS[C@@](CO)(C(=O)N5C)N(C)C6=O)cc4)cc3)SSC1(CO)N(C)C2=O. The highest BCUT2D eigenvalue weighted by Gasteiger charge is 2.67. The Morgan fingerprint density at radius 1 is 0.545 bits per heavy atom. The average molecular weight is 673 g/mol. The van der Waals surface area contributed by atoms with E-state index in [9.17, 15) is 24.6 Å². The lowest BCUT2D eigenvalue weighted by molar-refractivity contribution is -0.165. The second-order valence-electron chi connectivity index (χ2n) is 11.9. The van der Waals surface area contributed by atoms with Crippen LogP contribution >= 0.6 is 43.2 Å². The number of hydrogen-bond acceptors (Lipinski definition) is 10. The molecule has 6 fully saturated rings. The summed E-state index contributed by atoms with van der Waals surface area (Å²) in [6.07, 6.45) is 2.62. The number of rotatable bonds is 9. The van der Waals surface area contributed by atoms with Crippen molar-refractivity contribution in [1.29, 1.82) is 0 Å². The Labute approximate surface area is 273 Å². The molecule has 9 nitrogen and oxygen atoms in total. The van der Waals surface area contributed by atoms with Crippen molar-refractivity contribution in [3.05, 3.63) is 83.1 Å².